The Labute approximate surface area is 131 Å². The molecule has 6 nitrogen and oxygen atoms in total. The highest BCUT2D eigenvalue weighted by Gasteiger charge is 2.26. The van der Waals surface area contributed by atoms with Crippen LogP contribution >= 0.6 is 0 Å². The van der Waals surface area contributed by atoms with Crippen molar-refractivity contribution in [2.24, 2.45) is 10.7 Å². The molecule has 2 aliphatic rings. The fraction of sp³-hybridized carbons (Fsp3) is 0.688. The van der Waals surface area contributed by atoms with Gasteiger partial charge in [-0.15, -0.1) is 0 Å². The standard InChI is InChI=1S/C16H26N4O2/c1-13-12-20(8-10-21-13)16(17)18-11-14(15-5-4-9-22-15)19-6-2-3-7-19/h4-5,9,13-14H,2-3,6-8,10-12H2,1H3,(H2,17,18). The molecule has 3 rings (SSSR count). The van der Waals surface area contributed by atoms with Gasteiger partial charge in [0.1, 0.15) is 5.76 Å². The second-order valence-corrected chi connectivity index (χ2v) is 6.10. The van der Waals surface area contributed by atoms with Crippen LogP contribution in [0.25, 0.3) is 0 Å². The maximum atomic E-state index is 6.18. The van der Waals surface area contributed by atoms with Crippen molar-refractivity contribution in [3.63, 3.8) is 0 Å². The molecule has 2 atom stereocenters. The molecule has 1 aromatic rings. The molecule has 2 aliphatic heterocycles. The Morgan fingerprint density at radius 3 is 2.91 bits per heavy atom. The summed E-state index contributed by atoms with van der Waals surface area (Å²) < 4.78 is 11.2. The van der Waals surface area contributed by atoms with Crippen LogP contribution in [-0.4, -0.2) is 61.2 Å². The topological polar surface area (TPSA) is 67.2 Å². The van der Waals surface area contributed by atoms with Crippen molar-refractivity contribution >= 4 is 5.96 Å². The maximum Gasteiger partial charge on any atom is 0.191 e. The van der Waals surface area contributed by atoms with Crippen molar-refractivity contribution < 1.29 is 9.15 Å². The molecule has 0 spiro atoms. The van der Waals surface area contributed by atoms with Crippen molar-refractivity contribution in [1.82, 2.24) is 9.80 Å². The molecule has 6 heteroatoms. The van der Waals surface area contributed by atoms with Crippen molar-refractivity contribution in [3.05, 3.63) is 24.2 Å². The number of rotatable bonds is 4. The molecule has 3 heterocycles. The third-order valence-corrected chi connectivity index (χ3v) is 4.44. The van der Waals surface area contributed by atoms with Gasteiger partial charge in [0.25, 0.3) is 0 Å². The molecule has 122 valence electrons. The molecule has 0 radical (unpaired) electrons. The predicted octanol–water partition coefficient (Wildman–Crippen LogP) is 1.45. The third-order valence-electron chi connectivity index (χ3n) is 4.44. The van der Waals surface area contributed by atoms with Crippen molar-refractivity contribution in [2.75, 3.05) is 39.3 Å². The lowest BCUT2D eigenvalue weighted by Crippen LogP contribution is -2.48. The number of morpholine rings is 1. The minimum Gasteiger partial charge on any atom is -0.468 e. The second-order valence-electron chi connectivity index (χ2n) is 6.10. The van der Waals surface area contributed by atoms with E-state index in [9.17, 15) is 0 Å². The Morgan fingerprint density at radius 1 is 1.41 bits per heavy atom. The summed E-state index contributed by atoms with van der Waals surface area (Å²) in [4.78, 5) is 9.20. The monoisotopic (exact) mass is 306 g/mol. The van der Waals surface area contributed by atoms with E-state index in [-0.39, 0.29) is 12.1 Å². The highest BCUT2D eigenvalue weighted by atomic mass is 16.5. The molecule has 0 saturated carbocycles. The quantitative estimate of drug-likeness (QED) is 0.674. The van der Waals surface area contributed by atoms with Crippen molar-refractivity contribution in [1.29, 1.82) is 0 Å². The number of ether oxygens (including phenoxy) is 1. The Hall–Kier alpha value is -1.53. The fourth-order valence-corrected chi connectivity index (χ4v) is 3.23. The molecule has 0 amide bonds. The van der Waals surface area contributed by atoms with E-state index >= 15 is 0 Å². The summed E-state index contributed by atoms with van der Waals surface area (Å²) in [6.07, 6.45) is 4.44. The van der Waals surface area contributed by atoms with Crippen LogP contribution in [-0.2, 0) is 4.74 Å². The second kappa shape index (κ2) is 7.15. The minimum atomic E-state index is 0.189. The van der Waals surface area contributed by atoms with E-state index < -0.39 is 0 Å². The Balaban J connectivity index is 1.66. The number of nitrogens with zero attached hydrogens (tertiary/aromatic N) is 3. The first-order valence-electron chi connectivity index (χ1n) is 8.18. The van der Waals surface area contributed by atoms with Gasteiger partial charge in [0.2, 0.25) is 0 Å². The lowest BCUT2D eigenvalue weighted by Gasteiger charge is -2.32. The number of aliphatic imine (C=N–C) groups is 1. The first-order valence-corrected chi connectivity index (χ1v) is 8.18. The van der Waals surface area contributed by atoms with Gasteiger partial charge in [0.05, 0.1) is 31.6 Å². The van der Waals surface area contributed by atoms with E-state index in [2.05, 4.69) is 21.7 Å². The number of nitrogens with two attached hydrogens (primary N) is 1. The number of hydrogen-bond donors (Lipinski definition) is 1. The third kappa shape index (κ3) is 3.62. The molecule has 0 bridgehead atoms. The highest BCUT2D eigenvalue weighted by molar-refractivity contribution is 5.78. The van der Waals surface area contributed by atoms with Crippen LogP contribution in [0.3, 0.4) is 0 Å². The Kier molecular flexibility index (Phi) is 5.00. The summed E-state index contributed by atoms with van der Waals surface area (Å²) in [6, 6.07) is 4.16. The Morgan fingerprint density at radius 2 is 2.23 bits per heavy atom. The van der Waals surface area contributed by atoms with Crippen LogP contribution in [0.4, 0.5) is 0 Å². The zero-order chi connectivity index (χ0) is 15.4. The van der Waals surface area contributed by atoms with Gasteiger partial charge in [-0.2, -0.15) is 0 Å². The first-order chi connectivity index (χ1) is 10.7. The number of hydrogen-bond acceptors (Lipinski definition) is 4. The summed E-state index contributed by atoms with van der Waals surface area (Å²) in [7, 11) is 0. The Bertz CT molecular complexity index is 482. The van der Waals surface area contributed by atoms with Gasteiger partial charge < -0.3 is 19.8 Å². The van der Waals surface area contributed by atoms with Gasteiger partial charge in [-0.3, -0.25) is 9.89 Å². The summed E-state index contributed by atoms with van der Waals surface area (Å²) in [5, 5.41) is 0. The number of furan rings is 1. The average molecular weight is 306 g/mol. The van der Waals surface area contributed by atoms with E-state index in [4.69, 9.17) is 14.9 Å². The molecule has 22 heavy (non-hydrogen) atoms. The van der Waals surface area contributed by atoms with Crippen LogP contribution in [0.15, 0.2) is 27.8 Å². The zero-order valence-corrected chi connectivity index (χ0v) is 13.3. The van der Waals surface area contributed by atoms with E-state index in [0.717, 1.165) is 31.9 Å². The number of likely N-dealkylation sites (tertiary alicyclic amines) is 1. The van der Waals surface area contributed by atoms with E-state index in [0.29, 0.717) is 19.1 Å². The SMILES string of the molecule is CC1CN(C(N)=NCC(c2ccco2)N2CCCC2)CCO1. The van der Waals surface area contributed by atoms with Crippen LogP contribution in [0, 0.1) is 0 Å². The van der Waals surface area contributed by atoms with Gasteiger partial charge in [-0.05, 0) is 45.0 Å². The fourth-order valence-electron chi connectivity index (χ4n) is 3.23. The summed E-state index contributed by atoms with van der Waals surface area (Å²) >= 11 is 0. The normalized spacial score (nSPS) is 25.6. The first kappa shape index (κ1) is 15.4. The molecule has 0 aromatic carbocycles. The van der Waals surface area contributed by atoms with Gasteiger partial charge in [-0.1, -0.05) is 0 Å². The van der Waals surface area contributed by atoms with E-state index in [1.165, 1.54) is 12.8 Å². The molecular weight excluding hydrogens is 280 g/mol. The molecule has 2 saturated heterocycles. The molecule has 1 aromatic heterocycles. The van der Waals surface area contributed by atoms with Crippen LogP contribution < -0.4 is 5.73 Å². The average Bonchev–Trinajstić information content (AvgIpc) is 3.21. The molecule has 0 aliphatic carbocycles. The largest absolute Gasteiger partial charge is 0.468 e. The zero-order valence-electron chi connectivity index (χ0n) is 13.3. The lowest BCUT2D eigenvalue weighted by molar-refractivity contribution is 0.00524. The van der Waals surface area contributed by atoms with Gasteiger partial charge in [-0.25, -0.2) is 0 Å². The molecule has 2 N–H and O–H groups in total. The van der Waals surface area contributed by atoms with Gasteiger partial charge >= 0.3 is 0 Å². The summed E-state index contributed by atoms with van der Waals surface area (Å²) in [5.41, 5.74) is 6.18. The predicted molar refractivity (Wildman–Crippen MR) is 85.7 cm³/mol. The highest BCUT2D eigenvalue weighted by Crippen LogP contribution is 2.25. The van der Waals surface area contributed by atoms with Crippen LogP contribution in [0.1, 0.15) is 31.6 Å². The summed E-state index contributed by atoms with van der Waals surface area (Å²) in [5.74, 6) is 1.60. The number of guanidine groups is 1. The lowest BCUT2D eigenvalue weighted by atomic mass is 10.2. The minimum absolute atomic E-state index is 0.189. The maximum absolute atomic E-state index is 6.18. The summed E-state index contributed by atoms with van der Waals surface area (Å²) in [6.45, 7) is 7.26. The van der Waals surface area contributed by atoms with Crippen molar-refractivity contribution in [2.45, 2.75) is 31.9 Å². The molecular formula is C16H26N4O2. The van der Waals surface area contributed by atoms with Crippen LogP contribution in [0.5, 0.6) is 0 Å². The van der Waals surface area contributed by atoms with Crippen molar-refractivity contribution in [3.8, 4) is 0 Å². The van der Waals surface area contributed by atoms with E-state index in [1.807, 2.05) is 12.1 Å². The van der Waals surface area contributed by atoms with E-state index in [1.54, 1.807) is 6.26 Å². The van der Waals surface area contributed by atoms with Gasteiger partial charge in [0.15, 0.2) is 5.96 Å². The molecule has 2 fully saturated rings. The molecule has 2 unspecified atom stereocenters. The van der Waals surface area contributed by atoms with Gasteiger partial charge in [0, 0.05) is 13.1 Å². The van der Waals surface area contributed by atoms with Crippen LogP contribution in [0.2, 0.25) is 0 Å². The smallest absolute Gasteiger partial charge is 0.191 e.